The first-order valence-electron chi connectivity index (χ1n) is 8.01. The van der Waals surface area contributed by atoms with Crippen molar-refractivity contribution in [3.05, 3.63) is 48.5 Å². The SMILES string of the molecule is COc1ccccc1S(=O)(=O)Nc1cccc(OC2CCCC2)c1. The molecule has 0 unspecified atom stereocenters. The van der Waals surface area contributed by atoms with Gasteiger partial charge in [-0.3, -0.25) is 4.72 Å². The zero-order chi connectivity index (χ0) is 17.0. The van der Waals surface area contributed by atoms with Crippen LogP contribution in [0.25, 0.3) is 0 Å². The molecular weight excluding hydrogens is 326 g/mol. The minimum Gasteiger partial charge on any atom is -0.495 e. The summed E-state index contributed by atoms with van der Waals surface area (Å²) >= 11 is 0. The van der Waals surface area contributed by atoms with E-state index in [4.69, 9.17) is 9.47 Å². The van der Waals surface area contributed by atoms with E-state index >= 15 is 0 Å². The van der Waals surface area contributed by atoms with Gasteiger partial charge in [0.2, 0.25) is 0 Å². The van der Waals surface area contributed by atoms with E-state index in [0.29, 0.717) is 17.2 Å². The summed E-state index contributed by atoms with van der Waals surface area (Å²) in [6.07, 6.45) is 4.70. The molecule has 5 nitrogen and oxygen atoms in total. The van der Waals surface area contributed by atoms with Gasteiger partial charge in [0.25, 0.3) is 10.0 Å². The molecule has 0 atom stereocenters. The van der Waals surface area contributed by atoms with Crippen LogP contribution < -0.4 is 14.2 Å². The maximum atomic E-state index is 12.6. The van der Waals surface area contributed by atoms with Crippen molar-refractivity contribution in [1.82, 2.24) is 0 Å². The zero-order valence-corrected chi connectivity index (χ0v) is 14.4. The maximum Gasteiger partial charge on any atom is 0.265 e. The van der Waals surface area contributed by atoms with Crippen molar-refractivity contribution in [3.63, 3.8) is 0 Å². The predicted molar refractivity (Wildman–Crippen MR) is 93.1 cm³/mol. The molecule has 0 radical (unpaired) electrons. The summed E-state index contributed by atoms with van der Waals surface area (Å²) in [6, 6.07) is 13.6. The van der Waals surface area contributed by atoms with Crippen molar-refractivity contribution in [2.45, 2.75) is 36.7 Å². The molecule has 2 aromatic rings. The maximum absolute atomic E-state index is 12.6. The van der Waals surface area contributed by atoms with Crippen molar-refractivity contribution in [2.75, 3.05) is 11.8 Å². The summed E-state index contributed by atoms with van der Waals surface area (Å²) in [5.41, 5.74) is 0.469. The van der Waals surface area contributed by atoms with Crippen LogP contribution in [-0.4, -0.2) is 21.6 Å². The fourth-order valence-electron chi connectivity index (χ4n) is 2.88. The van der Waals surface area contributed by atoms with Crippen LogP contribution in [0.4, 0.5) is 5.69 Å². The number of hydrogen-bond acceptors (Lipinski definition) is 4. The molecule has 0 bridgehead atoms. The fourth-order valence-corrected chi connectivity index (χ4v) is 4.10. The van der Waals surface area contributed by atoms with Gasteiger partial charge < -0.3 is 9.47 Å². The lowest BCUT2D eigenvalue weighted by Gasteiger charge is -2.15. The van der Waals surface area contributed by atoms with Gasteiger partial charge in [-0.15, -0.1) is 0 Å². The van der Waals surface area contributed by atoms with E-state index < -0.39 is 10.0 Å². The summed E-state index contributed by atoms with van der Waals surface area (Å²) in [6.45, 7) is 0. The summed E-state index contributed by atoms with van der Waals surface area (Å²) in [5, 5.41) is 0. The van der Waals surface area contributed by atoms with Crippen LogP contribution in [0.1, 0.15) is 25.7 Å². The average Bonchev–Trinajstić information content (AvgIpc) is 3.07. The molecule has 1 N–H and O–H groups in total. The highest BCUT2D eigenvalue weighted by atomic mass is 32.2. The van der Waals surface area contributed by atoms with Gasteiger partial charge in [0, 0.05) is 6.07 Å². The van der Waals surface area contributed by atoms with E-state index in [1.165, 1.54) is 26.0 Å². The molecule has 0 spiro atoms. The quantitative estimate of drug-likeness (QED) is 0.863. The molecule has 128 valence electrons. The number of nitrogens with one attached hydrogen (secondary N) is 1. The highest BCUT2D eigenvalue weighted by Crippen LogP contribution is 2.28. The monoisotopic (exact) mass is 347 g/mol. The van der Waals surface area contributed by atoms with Crippen LogP contribution in [0, 0.1) is 0 Å². The molecule has 2 aromatic carbocycles. The number of methoxy groups -OCH3 is 1. The number of hydrogen-bond donors (Lipinski definition) is 1. The largest absolute Gasteiger partial charge is 0.495 e. The minimum atomic E-state index is -3.73. The lowest BCUT2D eigenvalue weighted by Crippen LogP contribution is -2.14. The van der Waals surface area contributed by atoms with Gasteiger partial charge in [0.05, 0.1) is 18.9 Å². The Morgan fingerprint density at radius 1 is 1.04 bits per heavy atom. The molecule has 24 heavy (non-hydrogen) atoms. The molecule has 3 rings (SSSR count). The first-order valence-corrected chi connectivity index (χ1v) is 9.49. The van der Waals surface area contributed by atoms with Crippen molar-refractivity contribution in [1.29, 1.82) is 0 Å². The summed E-state index contributed by atoms with van der Waals surface area (Å²) in [5.74, 6) is 0.991. The molecule has 0 amide bonds. The predicted octanol–water partition coefficient (Wildman–Crippen LogP) is 3.82. The van der Waals surface area contributed by atoms with Crippen molar-refractivity contribution in [2.24, 2.45) is 0 Å². The van der Waals surface area contributed by atoms with E-state index in [2.05, 4.69) is 4.72 Å². The topological polar surface area (TPSA) is 64.6 Å². The first-order chi connectivity index (χ1) is 11.6. The molecule has 1 saturated carbocycles. The van der Waals surface area contributed by atoms with E-state index in [0.717, 1.165) is 12.8 Å². The minimum absolute atomic E-state index is 0.106. The van der Waals surface area contributed by atoms with Crippen LogP contribution in [0.15, 0.2) is 53.4 Å². The first kappa shape index (κ1) is 16.6. The number of benzene rings is 2. The molecule has 0 heterocycles. The number of anilines is 1. The van der Waals surface area contributed by atoms with Gasteiger partial charge in [-0.05, 0) is 49.9 Å². The molecule has 1 aliphatic carbocycles. The molecule has 0 aliphatic heterocycles. The van der Waals surface area contributed by atoms with Crippen molar-refractivity contribution < 1.29 is 17.9 Å². The third kappa shape index (κ3) is 3.82. The van der Waals surface area contributed by atoms with Crippen LogP contribution in [0.5, 0.6) is 11.5 Å². The highest BCUT2D eigenvalue weighted by Gasteiger charge is 2.20. The van der Waals surface area contributed by atoms with Gasteiger partial charge in [-0.2, -0.15) is 0 Å². The second-order valence-corrected chi connectivity index (χ2v) is 7.46. The van der Waals surface area contributed by atoms with Crippen LogP contribution in [0.2, 0.25) is 0 Å². The lowest BCUT2D eigenvalue weighted by atomic mass is 10.3. The van der Waals surface area contributed by atoms with Gasteiger partial charge in [-0.1, -0.05) is 18.2 Å². The lowest BCUT2D eigenvalue weighted by molar-refractivity contribution is 0.210. The van der Waals surface area contributed by atoms with Crippen LogP contribution in [0.3, 0.4) is 0 Å². The van der Waals surface area contributed by atoms with Crippen molar-refractivity contribution >= 4 is 15.7 Å². The number of para-hydroxylation sites is 1. The van der Waals surface area contributed by atoms with Gasteiger partial charge in [0.1, 0.15) is 16.4 Å². The molecule has 0 saturated heterocycles. The molecule has 1 fully saturated rings. The summed E-state index contributed by atoms with van der Waals surface area (Å²) in [4.78, 5) is 0.106. The number of ether oxygens (including phenoxy) is 2. The third-order valence-electron chi connectivity index (χ3n) is 4.05. The second kappa shape index (κ2) is 7.13. The Morgan fingerprint density at radius 2 is 1.79 bits per heavy atom. The molecule has 1 aliphatic rings. The number of sulfonamides is 1. The average molecular weight is 347 g/mol. The van der Waals surface area contributed by atoms with E-state index in [9.17, 15) is 8.42 Å². The second-order valence-electron chi connectivity index (χ2n) is 5.81. The highest BCUT2D eigenvalue weighted by molar-refractivity contribution is 7.92. The Labute approximate surface area is 142 Å². The van der Waals surface area contributed by atoms with Gasteiger partial charge in [-0.25, -0.2) is 8.42 Å². The third-order valence-corrected chi connectivity index (χ3v) is 5.47. The Hall–Kier alpha value is -2.21. The van der Waals surface area contributed by atoms with E-state index in [-0.39, 0.29) is 11.0 Å². The van der Waals surface area contributed by atoms with E-state index in [1.807, 2.05) is 6.07 Å². The fraction of sp³-hybridized carbons (Fsp3) is 0.333. The van der Waals surface area contributed by atoms with Gasteiger partial charge >= 0.3 is 0 Å². The van der Waals surface area contributed by atoms with Gasteiger partial charge in [0.15, 0.2) is 0 Å². The Morgan fingerprint density at radius 3 is 2.54 bits per heavy atom. The van der Waals surface area contributed by atoms with Crippen molar-refractivity contribution in [3.8, 4) is 11.5 Å². The Bertz CT molecular complexity index is 798. The molecule has 6 heteroatoms. The summed E-state index contributed by atoms with van der Waals surface area (Å²) in [7, 11) is -2.28. The molecular formula is C18H21NO4S. The standard InChI is InChI=1S/C18H21NO4S/c1-22-17-11-4-5-12-18(17)24(20,21)19-14-7-6-10-16(13-14)23-15-8-2-3-9-15/h4-7,10-13,15,19H,2-3,8-9H2,1H3. The normalized spacial score (nSPS) is 15.2. The van der Waals surface area contributed by atoms with E-state index in [1.54, 1.807) is 36.4 Å². The number of rotatable bonds is 6. The smallest absolute Gasteiger partial charge is 0.265 e. The zero-order valence-electron chi connectivity index (χ0n) is 13.6. The Balaban J connectivity index is 1.79. The summed E-state index contributed by atoms with van der Waals surface area (Å²) < 4.78 is 38.9. The Kier molecular flexibility index (Phi) is 4.94. The van der Waals surface area contributed by atoms with Crippen LogP contribution in [-0.2, 0) is 10.0 Å². The van der Waals surface area contributed by atoms with Crippen LogP contribution >= 0.6 is 0 Å². The molecule has 0 aromatic heterocycles.